The van der Waals surface area contributed by atoms with Gasteiger partial charge in [-0.25, -0.2) is 0 Å². The second-order valence-electron chi connectivity index (χ2n) is 5.06. The van der Waals surface area contributed by atoms with E-state index in [4.69, 9.17) is 0 Å². The van der Waals surface area contributed by atoms with E-state index in [2.05, 4.69) is 27.0 Å². The fraction of sp³-hybridized carbons (Fsp3) is 0.429. The highest BCUT2D eigenvalue weighted by atomic mass is 32.1. The van der Waals surface area contributed by atoms with Crippen molar-refractivity contribution in [3.05, 3.63) is 34.8 Å². The van der Waals surface area contributed by atoms with Crippen molar-refractivity contribution in [2.24, 2.45) is 0 Å². The highest BCUT2D eigenvalue weighted by molar-refractivity contribution is 7.10. The van der Waals surface area contributed by atoms with Crippen molar-refractivity contribution in [1.82, 2.24) is 10.2 Å². The normalized spacial score (nSPS) is 18.1. The maximum absolute atomic E-state index is 12.7. The average Bonchev–Trinajstić information content (AvgIpc) is 3.12. The van der Waals surface area contributed by atoms with Crippen molar-refractivity contribution < 1.29 is 4.79 Å². The smallest absolute Gasteiger partial charge is 0.235 e. The molecule has 1 amide bonds. The minimum Gasteiger partial charge on any atom is -0.323 e. The number of thiophene rings is 1. The number of carbonyl (C=O) groups excluding carboxylic acids is 1. The number of H-pyrrole nitrogens is 1. The third kappa shape index (κ3) is 2.30. The van der Waals surface area contributed by atoms with E-state index in [1.807, 2.05) is 6.07 Å². The Morgan fingerprint density at radius 1 is 1.37 bits per heavy atom. The van der Waals surface area contributed by atoms with Gasteiger partial charge in [0.2, 0.25) is 5.91 Å². The van der Waals surface area contributed by atoms with Crippen molar-refractivity contribution in [2.75, 3.05) is 5.32 Å². The highest BCUT2D eigenvalue weighted by Crippen LogP contribution is 2.42. The van der Waals surface area contributed by atoms with Gasteiger partial charge >= 0.3 is 0 Å². The molecule has 3 rings (SSSR count). The molecule has 0 atom stereocenters. The van der Waals surface area contributed by atoms with E-state index in [1.54, 1.807) is 23.7 Å². The Morgan fingerprint density at radius 3 is 2.84 bits per heavy atom. The van der Waals surface area contributed by atoms with Gasteiger partial charge in [-0.3, -0.25) is 9.89 Å². The molecule has 0 radical (unpaired) electrons. The molecular formula is C14H17N3OS. The molecule has 2 heterocycles. The van der Waals surface area contributed by atoms with Crippen LogP contribution in [-0.2, 0) is 10.2 Å². The first-order valence-corrected chi connectivity index (χ1v) is 7.53. The largest absolute Gasteiger partial charge is 0.323 e. The first kappa shape index (κ1) is 12.4. The van der Waals surface area contributed by atoms with Crippen LogP contribution >= 0.6 is 11.3 Å². The maximum Gasteiger partial charge on any atom is 0.235 e. The summed E-state index contributed by atoms with van der Waals surface area (Å²) in [4.78, 5) is 13.9. The van der Waals surface area contributed by atoms with Crippen LogP contribution < -0.4 is 5.32 Å². The number of carbonyl (C=O) groups is 1. The summed E-state index contributed by atoms with van der Waals surface area (Å²) in [5.74, 6) is 0.107. The van der Waals surface area contributed by atoms with Gasteiger partial charge < -0.3 is 5.32 Å². The molecule has 1 aliphatic carbocycles. The molecule has 2 N–H and O–H groups in total. The van der Waals surface area contributed by atoms with Gasteiger partial charge in [0.1, 0.15) is 0 Å². The van der Waals surface area contributed by atoms with Crippen LogP contribution in [0, 0.1) is 0 Å². The quantitative estimate of drug-likeness (QED) is 0.903. The summed E-state index contributed by atoms with van der Waals surface area (Å²) in [6.07, 6.45) is 8.71. The van der Waals surface area contributed by atoms with Crippen molar-refractivity contribution in [3.8, 4) is 0 Å². The molecule has 0 bridgehead atoms. The number of amides is 1. The zero-order valence-electron chi connectivity index (χ0n) is 10.7. The summed E-state index contributed by atoms with van der Waals surface area (Å²) < 4.78 is 0. The highest BCUT2D eigenvalue weighted by Gasteiger charge is 2.41. The van der Waals surface area contributed by atoms with Gasteiger partial charge in [-0.15, -0.1) is 11.3 Å². The van der Waals surface area contributed by atoms with Crippen molar-refractivity contribution in [2.45, 2.75) is 37.5 Å². The first-order valence-electron chi connectivity index (χ1n) is 6.65. The van der Waals surface area contributed by atoms with Gasteiger partial charge in [0.15, 0.2) is 0 Å². The van der Waals surface area contributed by atoms with E-state index in [1.165, 1.54) is 11.3 Å². The number of rotatable bonds is 3. The molecule has 2 aromatic heterocycles. The predicted octanol–water partition coefficient (Wildman–Crippen LogP) is 3.31. The lowest BCUT2D eigenvalue weighted by atomic mass is 9.72. The van der Waals surface area contributed by atoms with Crippen LogP contribution in [0.3, 0.4) is 0 Å². The van der Waals surface area contributed by atoms with Crippen molar-refractivity contribution in [1.29, 1.82) is 0 Å². The first-order chi connectivity index (χ1) is 9.31. The van der Waals surface area contributed by atoms with Crippen LogP contribution in [0.25, 0.3) is 0 Å². The second kappa shape index (κ2) is 5.17. The van der Waals surface area contributed by atoms with Crippen LogP contribution in [-0.4, -0.2) is 16.1 Å². The summed E-state index contributed by atoms with van der Waals surface area (Å²) >= 11 is 1.68. The third-order valence-electron chi connectivity index (χ3n) is 3.89. The molecule has 100 valence electrons. The van der Waals surface area contributed by atoms with E-state index in [-0.39, 0.29) is 11.3 Å². The third-order valence-corrected chi connectivity index (χ3v) is 4.96. The molecule has 0 saturated heterocycles. The number of hydrogen-bond acceptors (Lipinski definition) is 3. The van der Waals surface area contributed by atoms with E-state index in [0.29, 0.717) is 0 Å². The van der Waals surface area contributed by atoms with E-state index >= 15 is 0 Å². The van der Waals surface area contributed by atoms with Crippen LogP contribution in [0.2, 0.25) is 0 Å². The maximum atomic E-state index is 12.7. The van der Waals surface area contributed by atoms with Crippen LogP contribution in [0.5, 0.6) is 0 Å². The topological polar surface area (TPSA) is 57.8 Å². The number of aromatic nitrogens is 2. The molecule has 2 aromatic rings. The number of nitrogens with zero attached hydrogens (tertiary/aromatic N) is 1. The number of hydrogen-bond donors (Lipinski definition) is 2. The summed E-state index contributed by atoms with van der Waals surface area (Å²) in [7, 11) is 0. The lowest BCUT2D eigenvalue weighted by molar-refractivity contribution is -0.122. The lowest BCUT2D eigenvalue weighted by Gasteiger charge is -2.34. The molecule has 4 nitrogen and oxygen atoms in total. The average molecular weight is 275 g/mol. The molecule has 0 unspecified atom stereocenters. The van der Waals surface area contributed by atoms with Gasteiger partial charge in [-0.1, -0.05) is 25.3 Å². The molecular weight excluding hydrogens is 258 g/mol. The number of anilines is 1. The van der Waals surface area contributed by atoms with E-state index in [0.717, 1.165) is 31.4 Å². The summed E-state index contributed by atoms with van der Waals surface area (Å²) in [5.41, 5.74) is 0.399. The van der Waals surface area contributed by atoms with E-state index in [9.17, 15) is 4.79 Å². The van der Waals surface area contributed by atoms with E-state index < -0.39 is 0 Å². The predicted molar refractivity (Wildman–Crippen MR) is 76.3 cm³/mol. The number of aromatic amines is 1. The molecule has 0 aromatic carbocycles. The van der Waals surface area contributed by atoms with Gasteiger partial charge in [-0.2, -0.15) is 5.10 Å². The second-order valence-corrected chi connectivity index (χ2v) is 6.01. The minimum absolute atomic E-state index is 0.107. The Bertz CT molecular complexity index is 527. The molecule has 1 aliphatic rings. The molecule has 5 heteroatoms. The molecule has 19 heavy (non-hydrogen) atoms. The summed E-state index contributed by atoms with van der Waals surface area (Å²) in [6.45, 7) is 0. The fourth-order valence-corrected chi connectivity index (χ4v) is 3.84. The van der Waals surface area contributed by atoms with Crippen molar-refractivity contribution in [3.63, 3.8) is 0 Å². The van der Waals surface area contributed by atoms with Gasteiger partial charge in [0.25, 0.3) is 0 Å². The van der Waals surface area contributed by atoms with Gasteiger partial charge in [0, 0.05) is 11.1 Å². The molecule has 0 aliphatic heterocycles. The van der Waals surface area contributed by atoms with Gasteiger partial charge in [0.05, 0.1) is 17.3 Å². The van der Waals surface area contributed by atoms with Crippen LogP contribution in [0.1, 0.15) is 37.0 Å². The molecule has 1 saturated carbocycles. The van der Waals surface area contributed by atoms with Gasteiger partial charge in [-0.05, 0) is 24.3 Å². The zero-order chi connectivity index (χ0) is 13.1. The Kier molecular flexibility index (Phi) is 3.38. The molecule has 1 fully saturated rings. The summed E-state index contributed by atoms with van der Waals surface area (Å²) in [5, 5.41) is 11.6. The summed E-state index contributed by atoms with van der Waals surface area (Å²) in [6, 6.07) is 4.12. The standard InChI is InChI=1S/C14H17N3OS/c18-13(17-11-9-15-16-10-11)14(6-2-1-3-7-14)12-5-4-8-19-12/h4-5,8-10H,1-3,6-7H2,(H,15,16)(H,17,18). The Hall–Kier alpha value is -1.62. The Morgan fingerprint density at radius 2 is 2.21 bits per heavy atom. The number of nitrogens with one attached hydrogen (secondary N) is 2. The van der Waals surface area contributed by atoms with Crippen molar-refractivity contribution >= 4 is 22.9 Å². The minimum atomic E-state index is -0.344. The Balaban J connectivity index is 1.88. The van der Waals surface area contributed by atoms with Crippen LogP contribution in [0.15, 0.2) is 29.9 Å². The van der Waals surface area contributed by atoms with Crippen LogP contribution in [0.4, 0.5) is 5.69 Å². The fourth-order valence-electron chi connectivity index (χ4n) is 2.86. The lowest BCUT2D eigenvalue weighted by Crippen LogP contribution is -2.41. The monoisotopic (exact) mass is 275 g/mol. The Labute approximate surface area is 116 Å². The molecule has 0 spiro atoms. The SMILES string of the molecule is O=C(Nc1cn[nH]c1)C1(c2cccs2)CCCCC1. The zero-order valence-corrected chi connectivity index (χ0v) is 11.5.